The van der Waals surface area contributed by atoms with E-state index >= 15 is 0 Å². The number of benzene rings is 1. The maximum absolute atomic E-state index is 12.5. The largest absolute Gasteiger partial charge is 0.548 e. The van der Waals surface area contributed by atoms with Crippen LogP contribution in [-0.4, -0.2) is 17.9 Å². The summed E-state index contributed by atoms with van der Waals surface area (Å²) >= 11 is 0. The fourth-order valence-electron chi connectivity index (χ4n) is 3.74. The molecule has 0 radical (unpaired) electrons. The van der Waals surface area contributed by atoms with Crippen molar-refractivity contribution >= 4 is 33.8 Å². The third-order valence-electron chi connectivity index (χ3n) is 5.27. The first-order chi connectivity index (χ1) is 13.7. The monoisotopic (exact) mass is 398 g/mol. The van der Waals surface area contributed by atoms with Gasteiger partial charge in [0, 0.05) is 5.39 Å². The summed E-state index contributed by atoms with van der Waals surface area (Å²) in [4.78, 5) is 36.2. The van der Waals surface area contributed by atoms with Crippen LogP contribution in [0.3, 0.4) is 0 Å². The lowest BCUT2D eigenvalue weighted by atomic mass is 9.98. The van der Waals surface area contributed by atoms with Gasteiger partial charge in [-0.25, -0.2) is 4.79 Å². The molecule has 0 aliphatic carbocycles. The molecule has 7 heteroatoms. The number of furan rings is 1. The van der Waals surface area contributed by atoms with E-state index in [1.54, 1.807) is 19.3 Å². The topological polar surface area (TPSA) is 113 Å². The number of aliphatic carboxylic acids is 1. The molecule has 1 N–H and O–H groups in total. The zero-order valence-corrected chi connectivity index (χ0v) is 17.0. The van der Waals surface area contributed by atoms with Crippen molar-refractivity contribution in [1.82, 2.24) is 5.32 Å². The van der Waals surface area contributed by atoms with Gasteiger partial charge in [0.2, 0.25) is 5.91 Å². The Hall–Kier alpha value is -3.09. The summed E-state index contributed by atoms with van der Waals surface area (Å²) in [5.74, 6) is -1.90. The average molecular weight is 398 g/mol. The van der Waals surface area contributed by atoms with E-state index in [1.165, 1.54) is 0 Å². The average Bonchev–Trinajstić information content (AvgIpc) is 3.03. The van der Waals surface area contributed by atoms with Gasteiger partial charge in [-0.3, -0.25) is 4.79 Å². The zero-order chi connectivity index (χ0) is 21.3. The maximum atomic E-state index is 12.5. The van der Waals surface area contributed by atoms with Crippen molar-refractivity contribution in [3.8, 4) is 0 Å². The van der Waals surface area contributed by atoms with Crippen LogP contribution >= 0.6 is 0 Å². The first-order valence-corrected chi connectivity index (χ1v) is 9.68. The highest BCUT2D eigenvalue weighted by atomic mass is 16.4. The Kier molecular flexibility index (Phi) is 5.77. The van der Waals surface area contributed by atoms with E-state index in [9.17, 15) is 19.5 Å². The molecule has 0 saturated carbocycles. The Morgan fingerprint density at radius 2 is 1.90 bits per heavy atom. The van der Waals surface area contributed by atoms with Crippen LogP contribution in [-0.2, 0) is 16.0 Å². The molecule has 2 aromatic heterocycles. The molecule has 0 unspecified atom stereocenters. The number of rotatable bonds is 7. The van der Waals surface area contributed by atoms with E-state index in [0.29, 0.717) is 28.5 Å². The van der Waals surface area contributed by atoms with Gasteiger partial charge in [0.15, 0.2) is 0 Å². The minimum absolute atomic E-state index is 0.182. The number of hydrogen-bond donors (Lipinski definition) is 1. The van der Waals surface area contributed by atoms with E-state index in [4.69, 9.17) is 8.83 Å². The van der Waals surface area contributed by atoms with E-state index in [2.05, 4.69) is 5.32 Å². The molecular weight excluding hydrogens is 374 g/mol. The Morgan fingerprint density at radius 3 is 2.55 bits per heavy atom. The number of nitrogens with one attached hydrogen (secondary N) is 1. The number of carboxylic acids is 1. The molecule has 7 nitrogen and oxygen atoms in total. The first kappa shape index (κ1) is 20.6. The number of unbranched alkanes of at least 4 members (excludes halogenated alkanes) is 1. The van der Waals surface area contributed by atoms with Crippen molar-refractivity contribution in [3.63, 3.8) is 0 Å². The Bertz CT molecular complexity index is 1150. The molecule has 3 rings (SSSR count). The van der Waals surface area contributed by atoms with Gasteiger partial charge in [-0.2, -0.15) is 0 Å². The van der Waals surface area contributed by atoms with E-state index in [-0.39, 0.29) is 18.4 Å². The van der Waals surface area contributed by atoms with Gasteiger partial charge in [0.1, 0.15) is 11.2 Å². The van der Waals surface area contributed by atoms with Crippen LogP contribution in [0.1, 0.15) is 48.4 Å². The molecule has 1 amide bonds. The van der Waals surface area contributed by atoms with Gasteiger partial charge >= 0.3 is 5.63 Å². The predicted molar refractivity (Wildman–Crippen MR) is 107 cm³/mol. The van der Waals surface area contributed by atoms with Gasteiger partial charge in [0.25, 0.3) is 0 Å². The molecule has 0 spiro atoms. The molecule has 0 bridgehead atoms. The number of carboxylic acid groups (broad SMARTS) is 1. The molecule has 0 fully saturated rings. The molecule has 0 saturated heterocycles. The molecule has 2 heterocycles. The zero-order valence-electron chi connectivity index (χ0n) is 17.0. The van der Waals surface area contributed by atoms with Crippen LogP contribution in [0.2, 0.25) is 0 Å². The number of amides is 1. The van der Waals surface area contributed by atoms with Crippen molar-refractivity contribution in [1.29, 1.82) is 0 Å². The third-order valence-corrected chi connectivity index (χ3v) is 5.27. The van der Waals surface area contributed by atoms with Crippen LogP contribution in [0.15, 0.2) is 26.0 Å². The minimum atomic E-state index is -1.34. The van der Waals surface area contributed by atoms with Gasteiger partial charge in [-0.15, -0.1) is 0 Å². The quantitative estimate of drug-likeness (QED) is 0.612. The SMILES string of the molecule is CCCC[C@H](NC(=O)Cc1c(C)c2c(cc(C)c3c(C)coc32)oc1=O)C(=O)[O-]. The smallest absolute Gasteiger partial charge is 0.340 e. The molecule has 3 aromatic rings. The summed E-state index contributed by atoms with van der Waals surface area (Å²) in [6.07, 6.45) is 3.08. The van der Waals surface area contributed by atoms with Crippen LogP contribution in [0.5, 0.6) is 0 Å². The number of aryl methyl sites for hydroxylation is 3. The molecule has 154 valence electrons. The molecule has 1 aromatic carbocycles. The second kappa shape index (κ2) is 8.11. The number of fused-ring (bicyclic) bond motifs is 3. The summed E-state index contributed by atoms with van der Waals surface area (Å²) in [5, 5.41) is 15.3. The highest BCUT2D eigenvalue weighted by molar-refractivity contribution is 6.07. The second-order valence-electron chi connectivity index (χ2n) is 7.44. The summed E-state index contributed by atoms with van der Waals surface area (Å²) in [5.41, 5.74) is 3.05. The second-order valence-corrected chi connectivity index (χ2v) is 7.44. The van der Waals surface area contributed by atoms with Crippen LogP contribution in [0.25, 0.3) is 21.9 Å². The Labute approximate surface area is 167 Å². The number of carbonyl (C=O) groups is 2. The number of carbonyl (C=O) groups excluding carboxylic acids is 2. The summed E-state index contributed by atoms with van der Waals surface area (Å²) in [6, 6.07) is 0.701. The molecule has 29 heavy (non-hydrogen) atoms. The van der Waals surface area contributed by atoms with Crippen molar-refractivity contribution in [2.75, 3.05) is 0 Å². The molecule has 0 aliphatic heterocycles. The van der Waals surface area contributed by atoms with Crippen LogP contribution in [0, 0.1) is 20.8 Å². The summed E-state index contributed by atoms with van der Waals surface area (Å²) < 4.78 is 11.2. The highest BCUT2D eigenvalue weighted by Gasteiger charge is 2.21. The Balaban J connectivity index is 2.00. The van der Waals surface area contributed by atoms with Crippen LogP contribution < -0.4 is 16.0 Å². The molecule has 1 atom stereocenters. The van der Waals surface area contributed by atoms with Crippen molar-refractivity contribution < 1.29 is 23.5 Å². The normalized spacial score (nSPS) is 12.4. The van der Waals surface area contributed by atoms with Crippen molar-refractivity contribution in [2.24, 2.45) is 0 Å². The van der Waals surface area contributed by atoms with Gasteiger partial charge < -0.3 is 24.1 Å². The van der Waals surface area contributed by atoms with Gasteiger partial charge in [0.05, 0.1) is 35.6 Å². The van der Waals surface area contributed by atoms with Gasteiger partial charge in [-0.05, 0) is 49.9 Å². The third kappa shape index (κ3) is 3.90. The minimum Gasteiger partial charge on any atom is -0.548 e. The van der Waals surface area contributed by atoms with Gasteiger partial charge in [-0.1, -0.05) is 19.8 Å². The fraction of sp³-hybridized carbons (Fsp3) is 0.409. The van der Waals surface area contributed by atoms with Crippen molar-refractivity contribution in [2.45, 2.75) is 59.4 Å². The fourth-order valence-corrected chi connectivity index (χ4v) is 3.74. The lowest BCUT2D eigenvalue weighted by molar-refractivity contribution is -0.308. The highest BCUT2D eigenvalue weighted by Crippen LogP contribution is 2.34. The standard InChI is InChI=1S/C22H25NO6/c1-5-6-7-15(21(25)26)23-17(24)9-14-13(4)19-16(29-22(14)27)8-11(2)18-12(3)10-28-20(18)19/h8,10,15H,5-7,9H2,1-4H3,(H,23,24)(H,25,26)/p-1/t15-/m0/s1. The molecule has 0 aliphatic rings. The maximum Gasteiger partial charge on any atom is 0.340 e. The summed E-state index contributed by atoms with van der Waals surface area (Å²) in [7, 11) is 0. The van der Waals surface area contributed by atoms with E-state index in [0.717, 1.165) is 22.9 Å². The predicted octanol–water partition coefficient (Wildman–Crippen LogP) is 2.43. The summed E-state index contributed by atoms with van der Waals surface area (Å²) in [6.45, 7) is 7.51. The lowest BCUT2D eigenvalue weighted by Crippen LogP contribution is -2.48. The first-order valence-electron chi connectivity index (χ1n) is 9.68. The number of hydrogen-bond acceptors (Lipinski definition) is 6. The molecular formula is C22H24NO6-. The van der Waals surface area contributed by atoms with E-state index < -0.39 is 23.5 Å². The van der Waals surface area contributed by atoms with Crippen LogP contribution in [0.4, 0.5) is 0 Å². The van der Waals surface area contributed by atoms with E-state index in [1.807, 2.05) is 20.8 Å². The Morgan fingerprint density at radius 1 is 1.17 bits per heavy atom. The van der Waals surface area contributed by atoms with Crippen molar-refractivity contribution in [3.05, 3.63) is 45.0 Å². The lowest BCUT2D eigenvalue weighted by Gasteiger charge is -2.19.